The number of likely N-dealkylation sites (tertiary alicyclic amines) is 1. The number of carbonyl (C=O) groups excluding carboxylic acids is 1. The number of anilines is 2. The number of aryl methyl sites for hydroxylation is 1. The molecule has 1 aliphatic carbocycles. The van der Waals surface area contributed by atoms with Gasteiger partial charge in [-0.2, -0.15) is 4.98 Å². The second-order valence-corrected chi connectivity index (χ2v) is 9.06. The van der Waals surface area contributed by atoms with Crippen molar-refractivity contribution in [2.24, 2.45) is 5.92 Å². The van der Waals surface area contributed by atoms with Crippen molar-refractivity contribution >= 4 is 28.6 Å². The topological polar surface area (TPSA) is 75.1 Å². The molecule has 7 heteroatoms. The maximum Gasteiger partial charge on any atom is 0.229 e. The quantitative estimate of drug-likeness (QED) is 0.499. The molecule has 0 bridgehead atoms. The number of nitrogens with one attached hydrogen (secondary N) is 2. The van der Waals surface area contributed by atoms with Gasteiger partial charge in [-0.05, 0) is 69.0 Å². The summed E-state index contributed by atoms with van der Waals surface area (Å²) in [7, 11) is 0. The lowest BCUT2D eigenvalue weighted by Crippen LogP contribution is -2.35. The SMILES string of the molecule is O=C(NCCCn1ccc2cnc(Nc3cccc(CN4CCCC4)c3)nc21)C1CCC1. The summed E-state index contributed by atoms with van der Waals surface area (Å²) >= 11 is 0. The molecule has 0 unspecified atom stereocenters. The lowest BCUT2D eigenvalue weighted by molar-refractivity contribution is -0.127. The van der Waals surface area contributed by atoms with Gasteiger partial charge in [-0.1, -0.05) is 18.6 Å². The van der Waals surface area contributed by atoms with Crippen molar-refractivity contribution in [1.82, 2.24) is 24.8 Å². The average Bonchev–Trinajstić information content (AvgIpc) is 3.40. The highest BCUT2D eigenvalue weighted by molar-refractivity contribution is 5.79. The van der Waals surface area contributed by atoms with Gasteiger partial charge in [0.25, 0.3) is 0 Å². The van der Waals surface area contributed by atoms with Crippen LogP contribution in [0.25, 0.3) is 11.0 Å². The molecule has 2 aromatic heterocycles. The van der Waals surface area contributed by atoms with Crippen LogP contribution in [0.15, 0.2) is 42.7 Å². The van der Waals surface area contributed by atoms with Crippen LogP contribution in [-0.2, 0) is 17.9 Å². The Balaban J connectivity index is 1.20. The predicted molar refractivity (Wildman–Crippen MR) is 127 cm³/mol. The van der Waals surface area contributed by atoms with Gasteiger partial charge in [-0.15, -0.1) is 0 Å². The zero-order valence-corrected chi connectivity index (χ0v) is 18.6. The molecule has 0 spiro atoms. The summed E-state index contributed by atoms with van der Waals surface area (Å²) in [5.41, 5.74) is 3.24. The summed E-state index contributed by atoms with van der Waals surface area (Å²) in [6.45, 7) is 4.90. The predicted octanol–water partition coefficient (Wildman–Crippen LogP) is 4.08. The molecule has 7 nitrogen and oxygen atoms in total. The molecule has 2 aliphatic rings. The maximum absolute atomic E-state index is 12.0. The van der Waals surface area contributed by atoms with E-state index in [2.05, 4.69) is 49.4 Å². The van der Waals surface area contributed by atoms with Crippen molar-refractivity contribution < 1.29 is 4.79 Å². The van der Waals surface area contributed by atoms with E-state index in [9.17, 15) is 4.79 Å². The number of amides is 1. The van der Waals surface area contributed by atoms with Crippen molar-refractivity contribution in [2.45, 2.75) is 51.6 Å². The van der Waals surface area contributed by atoms with Crippen LogP contribution in [-0.4, -0.2) is 45.0 Å². The third-order valence-corrected chi connectivity index (χ3v) is 6.64. The summed E-state index contributed by atoms with van der Waals surface area (Å²) < 4.78 is 2.14. The monoisotopic (exact) mass is 432 g/mol. The van der Waals surface area contributed by atoms with E-state index >= 15 is 0 Å². The molecule has 1 aliphatic heterocycles. The van der Waals surface area contributed by atoms with Crippen LogP contribution >= 0.6 is 0 Å². The van der Waals surface area contributed by atoms with Gasteiger partial charge in [0.05, 0.1) is 0 Å². The number of hydrogen-bond donors (Lipinski definition) is 2. The van der Waals surface area contributed by atoms with Crippen LogP contribution in [0.4, 0.5) is 11.6 Å². The van der Waals surface area contributed by atoms with Crippen molar-refractivity contribution in [2.75, 3.05) is 25.0 Å². The van der Waals surface area contributed by atoms with Gasteiger partial charge >= 0.3 is 0 Å². The standard InChI is InChI=1S/C25H32N6O/c32-24(20-7-4-8-20)26-11-5-14-31-15-10-21-17-27-25(29-23(21)31)28-22-9-3-6-19(16-22)18-30-12-1-2-13-30/h3,6,9-10,15-17,20H,1-2,4-5,7-8,11-14,18H2,(H,26,32)(H,27,28,29). The minimum absolute atomic E-state index is 0.217. The lowest BCUT2D eigenvalue weighted by Gasteiger charge is -2.24. The van der Waals surface area contributed by atoms with Crippen LogP contribution < -0.4 is 10.6 Å². The average molecular weight is 433 g/mol. The van der Waals surface area contributed by atoms with Crippen LogP contribution in [0.1, 0.15) is 44.1 Å². The second kappa shape index (κ2) is 9.69. The van der Waals surface area contributed by atoms with Crippen LogP contribution in [0.2, 0.25) is 0 Å². The van der Waals surface area contributed by atoms with E-state index in [-0.39, 0.29) is 11.8 Å². The zero-order valence-electron chi connectivity index (χ0n) is 18.6. The zero-order chi connectivity index (χ0) is 21.8. The number of fused-ring (bicyclic) bond motifs is 1. The van der Waals surface area contributed by atoms with Crippen molar-refractivity contribution in [1.29, 1.82) is 0 Å². The van der Waals surface area contributed by atoms with Crippen LogP contribution in [0, 0.1) is 5.92 Å². The number of aromatic nitrogens is 3. The summed E-state index contributed by atoms with van der Waals surface area (Å²) in [6, 6.07) is 10.6. The fourth-order valence-corrected chi connectivity index (χ4v) is 4.56. The first-order valence-corrected chi connectivity index (χ1v) is 11.9. The Morgan fingerprint density at radius 3 is 2.81 bits per heavy atom. The summed E-state index contributed by atoms with van der Waals surface area (Å²) in [6.07, 6.45) is 10.7. The molecule has 2 fully saturated rings. The van der Waals surface area contributed by atoms with E-state index in [1.807, 2.05) is 18.5 Å². The van der Waals surface area contributed by atoms with Gasteiger partial charge in [-0.3, -0.25) is 9.69 Å². The third-order valence-electron chi connectivity index (χ3n) is 6.64. The molecule has 3 heterocycles. The summed E-state index contributed by atoms with van der Waals surface area (Å²) in [5, 5.41) is 7.47. The van der Waals surface area contributed by atoms with E-state index in [0.717, 1.165) is 49.1 Å². The highest BCUT2D eigenvalue weighted by Gasteiger charge is 2.24. The van der Waals surface area contributed by atoms with Gasteiger partial charge < -0.3 is 15.2 Å². The largest absolute Gasteiger partial charge is 0.356 e. The first kappa shape index (κ1) is 20.9. The first-order valence-electron chi connectivity index (χ1n) is 11.9. The third kappa shape index (κ3) is 4.93. The fourth-order valence-electron chi connectivity index (χ4n) is 4.56. The lowest BCUT2D eigenvalue weighted by atomic mass is 9.85. The molecule has 5 rings (SSSR count). The Labute approximate surface area is 189 Å². The van der Waals surface area contributed by atoms with Gasteiger partial charge in [0.1, 0.15) is 5.65 Å². The molecule has 1 aromatic carbocycles. The number of hydrogen-bond acceptors (Lipinski definition) is 5. The van der Waals surface area contributed by atoms with Gasteiger partial charge in [0.15, 0.2) is 0 Å². The van der Waals surface area contributed by atoms with E-state index in [0.29, 0.717) is 12.5 Å². The molecule has 1 amide bonds. The Morgan fingerprint density at radius 1 is 1.12 bits per heavy atom. The highest BCUT2D eigenvalue weighted by Crippen LogP contribution is 2.26. The summed E-state index contributed by atoms with van der Waals surface area (Å²) in [5.74, 6) is 1.07. The number of rotatable bonds is 9. The molecule has 1 saturated heterocycles. The van der Waals surface area contributed by atoms with Crippen molar-refractivity contribution in [3.8, 4) is 0 Å². The molecule has 0 radical (unpaired) electrons. The van der Waals surface area contributed by atoms with E-state index in [1.54, 1.807) is 0 Å². The molecule has 2 N–H and O–H groups in total. The summed E-state index contributed by atoms with van der Waals surface area (Å²) in [4.78, 5) is 23.8. The minimum atomic E-state index is 0.217. The molecule has 32 heavy (non-hydrogen) atoms. The first-order chi connectivity index (χ1) is 15.7. The minimum Gasteiger partial charge on any atom is -0.356 e. The highest BCUT2D eigenvalue weighted by atomic mass is 16.1. The molecule has 1 saturated carbocycles. The molecule has 3 aromatic rings. The number of nitrogens with zero attached hydrogens (tertiary/aromatic N) is 4. The fraction of sp³-hybridized carbons (Fsp3) is 0.480. The Kier molecular flexibility index (Phi) is 6.34. The molecule has 0 atom stereocenters. The number of carbonyl (C=O) groups is 1. The van der Waals surface area contributed by atoms with E-state index < -0.39 is 0 Å². The maximum atomic E-state index is 12.0. The second-order valence-electron chi connectivity index (χ2n) is 9.06. The smallest absolute Gasteiger partial charge is 0.229 e. The Bertz CT molecular complexity index is 1070. The molecule has 168 valence electrons. The normalized spacial score (nSPS) is 16.9. The molecular weight excluding hydrogens is 400 g/mol. The van der Waals surface area contributed by atoms with Crippen molar-refractivity contribution in [3.05, 3.63) is 48.3 Å². The van der Waals surface area contributed by atoms with Gasteiger partial charge in [0, 0.05) is 49.0 Å². The van der Waals surface area contributed by atoms with Crippen LogP contribution in [0.5, 0.6) is 0 Å². The number of benzene rings is 1. The molecular formula is C25H32N6O. The van der Waals surface area contributed by atoms with Crippen molar-refractivity contribution in [3.63, 3.8) is 0 Å². The van der Waals surface area contributed by atoms with Gasteiger partial charge in [-0.25, -0.2) is 4.98 Å². The van der Waals surface area contributed by atoms with E-state index in [4.69, 9.17) is 4.98 Å². The van der Waals surface area contributed by atoms with Crippen LogP contribution in [0.3, 0.4) is 0 Å². The van der Waals surface area contributed by atoms with E-state index in [1.165, 1.54) is 37.9 Å². The Hall–Kier alpha value is -2.93. The Morgan fingerprint density at radius 2 is 2.00 bits per heavy atom. The van der Waals surface area contributed by atoms with Gasteiger partial charge in [0.2, 0.25) is 11.9 Å².